The smallest absolute Gasteiger partial charge is 0.337 e. The highest BCUT2D eigenvalue weighted by Crippen LogP contribution is 2.19. The van der Waals surface area contributed by atoms with Crippen molar-refractivity contribution in [2.45, 2.75) is 18.4 Å². The van der Waals surface area contributed by atoms with Crippen molar-refractivity contribution in [2.24, 2.45) is 0 Å². The van der Waals surface area contributed by atoms with Crippen LogP contribution in [0.1, 0.15) is 21.5 Å². The molecule has 7 heteroatoms. The first-order valence-corrected chi connectivity index (χ1v) is 8.63. The lowest BCUT2D eigenvalue weighted by molar-refractivity contribution is 0.0600. The molecule has 0 radical (unpaired) electrons. The minimum atomic E-state index is -3.79. The molecule has 0 fully saturated rings. The van der Waals surface area contributed by atoms with Gasteiger partial charge in [-0.1, -0.05) is 35.9 Å². The van der Waals surface area contributed by atoms with E-state index in [0.717, 1.165) is 0 Å². The summed E-state index contributed by atoms with van der Waals surface area (Å²) < 4.78 is 32.1. The first-order chi connectivity index (χ1) is 10.8. The van der Waals surface area contributed by atoms with E-state index in [9.17, 15) is 13.2 Å². The Morgan fingerprint density at radius 1 is 1.22 bits per heavy atom. The first-order valence-electron chi connectivity index (χ1n) is 6.77. The number of rotatable bonds is 5. The van der Waals surface area contributed by atoms with E-state index in [-0.39, 0.29) is 17.0 Å². The summed E-state index contributed by atoms with van der Waals surface area (Å²) in [5.74, 6) is -0.590. The Morgan fingerprint density at radius 2 is 1.91 bits per heavy atom. The van der Waals surface area contributed by atoms with Crippen LogP contribution in [0.25, 0.3) is 0 Å². The minimum Gasteiger partial charge on any atom is -0.465 e. The number of sulfonamides is 1. The van der Waals surface area contributed by atoms with Gasteiger partial charge >= 0.3 is 5.97 Å². The zero-order chi connectivity index (χ0) is 17.0. The Morgan fingerprint density at radius 3 is 2.57 bits per heavy atom. The van der Waals surface area contributed by atoms with E-state index in [2.05, 4.69) is 9.46 Å². The van der Waals surface area contributed by atoms with Gasteiger partial charge in [-0.2, -0.15) is 0 Å². The maximum absolute atomic E-state index is 12.5. The summed E-state index contributed by atoms with van der Waals surface area (Å²) in [6.07, 6.45) is 0. The fourth-order valence-corrected chi connectivity index (χ4v) is 3.50. The highest BCUT2D eigenvalue weighted by molar-refractivity contribution is 7.89. The summed E-state index contributed by atoms with van der Waals surface area (Å²) in [4.78, 5) is 11.6. The third kappa shape index (κ3) is 4.10. The Balaban J connectivity index is 2.29. The molecule has 0 saturated heterocycles. The number of hydrogen-bond acceptors (Lipinski definition) is 4. The number of esters is 1. The predicted molar refractivity (Wildman–Crippen MR) is 88.0 cm³/mol. The SMILES string of the molecule is COC(=O)c1ccc(C)c(S(=O)(=O)NCc2ccccc2Cl)c1. The molecule has 2 rings (SSSR count). The third-order valence-corrected chi connectivity index (χ3v) is 5.22. The van der Waals surface area contributed by atoms with Crippen LogP contribution in [-0.4, -0.2) is 21.5 Å². The number of halogens is 1. The van der Waals surface area contributed by atoms with Crippen LogP contribution >= 0.6 is 11.6 Å². The van der Waals surface area contributed by atoms with Crippen LogP contribution < -0.4 is 4.72 Å². The molecule has 0 aliphatic heterocycles. The van der Waals surface area contributed by atoms with Gasteiger partial charge in [0.15, 0.2) is 0 Å². The lowest BCUT2D eigenvalue weighted by Gasteiger charge is -2.11. The van der Waals surface area contributed by atoms with Crippen molar-refractivity contribution < 1.29 is 17.9 Å². The minimum absolute atomic E-state index is 0.0347. The van der Waals surface area contributed by atoms with E-state index in [1.54, 1.807) is 37.3 Å². The number of carbonyl (C=O) groups excluding carboxylic acids is 1. The number of aryl methyl sites for hydroxylation is 1. The Hall–Kier alpha value is -1.89. The monoisotopic (exact) mass is 353 g/mol. The molecule has 0 amide bonds. The van der Waals surface area contributed by atoms with Gasteiger partial charge in [0.1, 0.15) is 0 Å². The zero-order valence-electron chi connectivity index (χ0n) is 12.7. The van der Waals surface area contributed by atoms with Crippen molar-refractivity contribution in [3.05, 3.63) is 64.2 Å². The van der Waals surface area contributed by atoms with Crippen LogP contribution in [0.5, 0.6) is 0 Å². The maximum Gasteiger partial charge on any atom is 0.337 e. The summed E-state index contributed by atoms with van der Waals surface area (Å²) in [6.45, 7) is 1.72. The fraction of sp³-hybridized carbons (Fsp3) is 0.188. The lowest BCUT2D eigenvalue weighted by atomic mass is 10.1. The molecule has 2 aromatic carbocycles. The van der Waals surface area contributed by atoms with Crippen LogP contribution in [-0.2, 0) is 21.3 Å². The molecule has 0 aliphatic rings. The number of nitrogens with one attached hydrogen (secondary N) is 1. The van der Waals surface area contributed by atoms with Crippen molar-refractivity contribution in [1.29, 1.82) is 0 Å². The van der Waals surface area contributed by atoms with E-state index in [0.29, 0.717) is 16.1 Å². The summed E-state index contributed by atoms with van der Waals surface area (Å²) in [7, 11) is -2.54. The summed E-state index contributed by atoms with van der Waals surface area (Å²) in [5, 5.41) is 0.482. The number of ether oxygens (including phenoxy) is 1. The lowest BCUT2D eigenvalue weighted by Crippen LogP contribution is -2.24. The average Bonchev–Trinajstić information content (AvgIpc) is 2.53. The molecule has 2 aromatic rings. The van der Waals surface area contributed by atoms with Gasteiger partial charge in [0.25, 0.3) is 0 Å². The van der Waals surface area contributed by atoms with Crippen LogP contribution in [0, 0.1) is 6.92 Å². The number of methoxy groups -OCH3 is 1. The highest BCUT2D eigenvalue weighted by atomic mass is 35.5. The van der Waals surface area contributed by atoms with Gasteiger partial charge in [0, 0.05) is 11.6 Å². The highest BCUT2D eigenvalue weighted by Gasteiger charge is 2.19. The van der Waals surface area contributed by atoms with Gasteiger partial charge in [-0.15, -0.1) is 0 Å². The van der Waals surface area contributed by atoms with Crippen molar-refractivity contribution in [1.82, 2.24) is 4.72 Å². The largest absolute Gasteiger partial charge is 0.465 e. The molecule has 5 nitrogen and oxygen atoms in total. The Kier molecular flexibility index (Phi) is 5.41. The van der Waals surface area contributed by atoms with E-state index in [1.807, 2.05) is 0 Å². The molecule has 122 valence electrons. The predicted octanol–water partition coefficient (Wildman–Crippen LogP) is 2.91. The van der Waals surface area contributed by atoms with Gasteiger partial charge in [0.05, 0.1) is 17.6 Å². The van der Waals surface area contributed by atoms with Crippen molar-refractivity contribution in [3.63, 3.8) is 0 Å². The Labute approximate surface area is 140 Å². The number of benzene rings is 2. The quantitative estimate of drug-likeness (QED) is 0.839. The molecular formula is C16H16ClNO4S. The summed E-state index contributed by atoms with van der Waals surface area (Å²) in [5.41, 5.74) is 1.38. The second kappa shape index (κ2) is 7.12. The second-order valence-corrected chi connectivity index (χ2v) is 7.03. The van der Waals surface area contributed by atoms with E-state index in [4.69, 9.17) is 11.6 Å². The summed E-state index contributed by atoms with van der Waals surface area (Å²) >= 11 is 6.02. The zero-order valence-corrected chi connectivity index (χ0v) is 14.2. The van der Waals surface area contributed by atoms with Gasteiger partial charge in [-0.3, -0.25) is 0 Å². The second-order valence-electron chi connectivity index (χ2n) is 4.89. The molecule has 23 heavy (non-hydrogen) atoms. The van der Waals surface area contributed by atoms with Crippen LogP contribution in [0.4, 0.5) is 0 Å². The molecule has 0 atom stereocenters. The molecule has 0 aliphatic carbocycles. The van der Waals surface area contributed by atoms with Crippen LogP contribution in [0.3, 0.4) is 0 Å². The molecule has 0 spiro atoms. The van der Waals surface area contributed by atoms with Gasteiger partial charge < -0.3 is 4.74 Å². The first kappa shape index (κ1) is 17.5. The van der Waals surface area contributed by atoms with E-state index in [1.165, 1.54) is 19.2 Å². The number of hydrogen-bond donors (Lipinski definition) is 1. The van der Waals surface area contributed by atoms with E-state index < -0.39 is 16.0 Å². The van der Waals surface area contributed by atoms with Crippen LogP contribution in [0.2, 0.25) is 5.02 Å². The fourth-order valence-electron chi connectivity index (χ4n) is 2.03. The topological polar surface area (TPSA) is 72.5 Å². The molecule has 0 bridgehead atoms. The van der Waals surface area contributed by atoms with Crippen LogP contribution in [0.15, 0.2) is 47.4 Å². The molecular weight excluding hydrogens is 338 g/mol. The van der Waals surface area contributed by atoms with Crippen molar-refractivity contribution in [3.8, 4) is 0 Å². The average molecular weight is 354 g/mol. The van der Waals surface area contributed by atoms with Crippen molar-refractivity contribution >= 4 is 27.6 Å². The molecule has 0 saturated carbocycles. The van der Waals surface area contributed by atoms with Gasteiger partial charge in [-0.05, 0) is 36.2 Å². The van der Waals surface area contributed by atoms with Gasteiger partial charge in [0.2, 0.25) is 10.0 Å². The molecule has 0 heterocycles. The molecule has 1 N–H and O–H groups in total. The van der Waals surface area contributed by atoms with E-state index >= 15 is 0 Å². The molecule has 0 aromatic heterocycles. The van der Waals surface area contributed by atoms with Gasteiger partial charge in [-0.25, -0.2) is 17.9 Å². The Bertz CT molecular complexity index is 834. The summed E-state index contributed by atoms with van der Waals surface area (Å²) in [6, 6.07) is 11.4. The molecule has 0 unspecified atom stereocenters. The third-order valence-electron chi connectivity index (χ3n) is 3.31. The normalized spacial score (nSPS) is 11.3. The standard InChI is InChI=1S/C16H16ClNO4S/c1-11-7-8-12(16(19)22-2)9-15(11)23(20,21)18-10-13-5-3-4-6-14(13)17/h3-9,18H,10H2,1-2H3. The van der Waals surface area contributed by atoms with Crippen molar-refractivity contribution in [2.75, 3.05) is 7.11 Å². The number of carbonyl (C=O) groups is 1. The maximum atomic E-state index is 12.5.